The standard InChI is InChI=1S/C15H24O3/c1-2-3-18-15-7-12-4-13(8-15)6-14(5-12,9-15)10-17-11-16/h11-13H,2-10H2,1H3. The van der Waals surface area contributed by atoms with Crippen molar-refractivity contribution in [3.05, 3.63) is 0 Å². The van der Waals surface area contributed by atoms with Gasteiger partial charge in [0.25, 0.3) is 6.47 Å². The Bertz CT molecular complexity index is 312. The second-order valence-corrected chi connectivity index (χ2v) is 6.90. The summed E-state index contributed by atoms with van der Waals surface area (Å²) in [5.74, 6) is 1.61. The van der Waals surface area contributed by atoms with Gasteiger partial charge >= 0.3 is 0 Å². The number of rotatable bonds is 6. The Kier molecular flexibility index (Phi) is 3.13. The zero-order valence-electron chi connectivity index (χ0n) is 11.3. The van der Waals surface area contributed by atoms with E-state index in [0.29, 0.717) is 13.1 Å². The van der Waals surface area contributed by atoms with Crippen molar-refractivity contribution in [1.29, 1.82) is 0 Å². The summed E-state index contributed by atoms with van der Waals surface area (Å²) in [5, 5.41) is 0. The molecule has 0 radical (unpaired) electrons. The molecule has 4 fully saturated rings. The Morgan fingerprint density at radius 1 is 1.22 bits per heavy atom. The van der Waals surface area contributed by atoms with Gasteiger partial charge in [-0.1, -0.05) is 6.92 Å². The number of carbonyl (C=O) groups is 1. The SMILES string of the molecule is CCCOC12CC3CC(CC(COC=O)(C3)C1)C2. The van der Waals surface area contributed by atoms with Crippen molar-refractivity contribution in [2.75, 3.05) is 13.2 Å². The molecular weight excluding hydrogens is 228 g/mol. The van der Waals surface area contributed by atoms with E-state index < -0.39 is 0 Å². The van der Waals surface area contributed by atoms with E-state index in [-0.39, 0.29) is 11.0 Å². The van der Waals surface area contributed by atoms with Crippen molar-refractivity contribution < 1.29 is 14.3 Å². The molecule has 3 heteroatoms. The summed E-state index contributed by atoms with van der Waals surface area (Å²) in [7, 11) is 0. The van der Waals surface area contributed by atoms with Crippen LogP contribution in [0.1, 0.15) is 51.9 Å². The predicted molar refractivity (Wildman–Crippen MR) is 68.1 cm³/mol. The number of ether oxygens (including phenoxy) is 2. The van der Waals surface area contributed by atoms with Gasteiger partial charge in [-0.3, -0.25) is 4.79 Å². The molecule has 0 aromatic heterocycles. The number of hydrogen-bond acceptors (Lipinski definition) is 3. The van der Waals surface area contributed by atoms with Crippen molar-refractivity contribution >= 4 is 6.47 Å². The van der Waals surface area contributed by atoms with E-state index in [1.54, 1.807) is 0 Å². The van der Waals surface area contributed by atoms with Crippen LogP contribution in [-0.2, 0) is 14.3 Å². The van der Waals surface area contributed by atoms with Gasteiger partial charge in [0.2, 0.25) is 0 Å². The summed E-state index contributed by atoms with van der Waals surface area (Å²) in [6, 6.07) is 0. The molecule has 0 saturated heterocycles. The number of hydrogen-bond donors (Lipinski definition) is 0. The second-order valence-electron chi connectivity index (χ2n) is 6.90. The van der Waals surface area contributed by atoms with Gasteiger partial charge in [-0.05, 0) is 56.8 Å². The van der Waals surface area contributed by atoms with Crippen LogP contribution < -0.4 is 0 Å². The Labute approximate surface area is 109 Å². The average Bonchev–Trinajstić information content (AvgIpc) is 2.32. The molecule has 4 saturated carbocycles. The lowest BCUT2D eigenvalue weighted by Crippen LogP contribution is -2.58. The molecule has 4 bridgehead atoms. The molecule has 18 heavy (non-hydrogen) atoms. The third-order valence-corrected chi connectivity index (χ3v) is 5.20. The van der Waals surface area contributed by atoms with E-state index >= 15 is 0 Å². The van der Waals surface area contributed by atoms with Crippen LogP contribution in [0, 0.1) is 17.3 Å². The van der Waals surface area contributed by atoms with E-state index in [4.69, 9.17) is 9.47 Å². The topological polar surface area (TPSA) is 35.5 Å². The second kappa shape index (κ2) is 4.52. The fraction of sp³-hybridized carbons (Fsp3) is 0.933. The summed E-state index contributed by atoms with van der Waals surface area (Å²) >= 11 is 0. The third-order valence-electron chi connectivity index (χ3n) is 5.20. The Morgan fingerprint density at radius 3 is 2.56 bits per heavy atom. The fourth-order valence-electron chi connectivity index (χ4n) is 5.23. The van der Waals surface area contributed by atoms with Crippen LogP contribution in [0.2, 0.25) is 0 Å². The van der Waals surface area contributed by atoms with E-state index in [9.17, 15) is 4.79 Å². The molecule has 0 aliphatic heterocycles. The van der Waals surface area contributed by atoms with Crippen molar-refractivity contribution in [3.8, 4) is 0 Å². The molecule has 2 unspecified atom stereocenters. The zero-order chi connectivity index (χ0) is 12.6. The smallest absolute Gasteiger partial charge is 0.293 e. The van der Waals surface area contributed by atoms with Crippen LogP contribution in [0.15, 0.2) is 0 Å². The molecule has 0 N–H and O–H groups in total. The predicted octanol–water partition coefficient (Wildman–Crippen LogP) is 2.93. The molecule has 4 rings (SSSR count). The fourth-order valence-corrected chi connectivity index (χ4v) is 5.23. The van der Waals surface area contributed by atoms with Crippen LogP contribution in [0.4, 0.5) is 0 Å². The normalized spacial score (nSPS) is 45.2. The molecule has 3 nitrogen and oxygen atoms in total. The van der Waals surface area contributed by atoms with Gasteiger partial charge in [-0.25, -0.2) is 0 Å². The van der Waals surface area contributed by atoms with E-state index in [2.05, 4.69) is 6.92 Å². The Balaban J connectivity index is 1.76. The monoisotopic (exact) mass is 252 g/mol. The largest absolute Gasteiger partial charge is 0.467 e. The van der Waals surface area contributed by atoms with Crippen molar-refractivity contribution in [2.24, 2.45) is 17.3 Å². The summed E-state index contributed by atoms with van der Waals surface area (Å²) in [5.41, 5.74) is 0.352. The lowest BCUT2D eigenvalue weighted by Gasteiger charge is -2.61. The minimum atomic E-state index is 0.117. The van der Waals surface area contributed by atoms with E-state index in [1.165, 1.54) is 32.1 Å². The van der Waals surface area contributed by atoms with E-state index in [1.807, 2.05) is 0 Å². The maximum atomic E-state index is 10.5. The molecule has 0 amide bonds. The van der Waals surface area contributed by atoms with Gasteiger partial charge in [0.1, 0.15) is 0 Å². The molecule has 0 heterocycles. The summed E-state index contributed by atoms with van der Waals surface area (Å²) < 4.78 is 11.4. The average molecular weight is 252 g/mol. The number of carbonyl (C=O) groups excluding carboxylic acids is 1. The first-order valence-electron chi connectivity index (χ1n) is 7.38. The molecule has 0 aromatic carbocycles. The first kappa shape index (κ1) is 12.5. The molecule has 0 spiro atoms. The van der Waals surface area contributed by atoms with Crippen LogP contribution >= 0.6 is 0 Å². The first-order chi connectivity index (χ1) is 8.69. The molecule has 102 valence electrons. The Hall–Kier alpha value is -0.570. The highest BCUT2D eigenvalue weighted by Crippen LogP contribution is 2.62. The minimum Gasteiger partial charge on any atom is -0.467 e. The zero-order valence-corrected chi connectivity index (χ0v) is 11.3. The quantitative estimate of drug-likeness (QED) is 0.682. The molecule has 4 aliphatic carbocycles. The van der Waals surface area contributed by atoms with Gasteiger partial charge in [0, 0.05) is 12.0 Å². The van der Waals surface area contributed by atoms with Crippen LogP contribution in [0.3, 0.4) is 0 Å². The van der Waals surface area contributed by atoms with Gasteiger partial charge in [-0.15, -0.1) is 0 Å². The van der Waals surface area contributed by atoms with Crippen molar-refractivity contribution in [1.82, 2.24) is 0 Å². The van der Waals surface area contributed by atoms with Gasteiger partial charge in [0.05, 0.1) is 12.2 Å². The van der Waals surface area contributed by atoms with Crippen LogP contribution in [0.25, 0.3) is 0 Å². The van der Waals surface area contributed by atoms with Crippen molar-refractivity contribution in [3.63, 3.8) is 0 Å². The summed E-state index contributed by atoms with van der Waals surface area (Å²) in [4.78, 5) is 10.5. The molecule has 4 aliphatic rings. The highest BCUT2D eigenvalue weighted by molar-refractivity contribution is 5.37. The lowest BCUT2D eigenvalue weighted by molar-refractivity contribution is -0.204. The van der Waals surface area contributed by atoms with Gasteiger partial charge in [0.15, 0.2) is 0 Å². The molecule has 0 aromatic rings. The van der Waals surface area contributed by atoms with Gasteiger partial charge < -0.3 is 9.47 Å². The highest BCUT2D eigenvalue weighted by atomic mass is 16.5. The summed E-state index contributed by atoms with van der Waals surface area (Å²) in [6.07, 6.45) is 8.55. The van der Waals surface area contributed by atoms with Crippen LogP contribution in [0.5, 0.6) is 0 Å². The molecule has 2 atom stereocenters. The maximum absolute atomic E-state index is 10.5. The molecular formula is C15H24O3. The highest BCUT2D eigenvalue weighted by Gasteiger charge is 2.58. The third kappa shape index (κ3) is 2.07. The van der Waals surface area contributed by atoms with Crippen LogP contribution in [-0.4, -0.2) is 25.3 Å². The first-order valence-corrected chi connectivity index (χ1v) is 7.38. The van der Waals surface area contributed by atoms with Crippen molar-refractivity contribution in [2.45, 2.75) is 57.5 Å². The summed E-state index contributed by atoms with van der Waals surface area (Å²) in [6.45, 7) is 4.27. The Morgan fingerprint density at radius 2 is 1.94 bits per heavy atom. The minimum absolute atomic E-state index is 0.117. The maximum Gasteiger partial charge on any atom is 0.293 e. The van der Waals surface area contributed by atoms with E-state index in [0.717, 1.165) is 31.3 Å². The van der Waals surface area contributed by atoms with Gasteiger partial charge in [-0.2, -0.15) is 0 Å². The lowest BCUT2D eigenvalue weighted by atomic mass is 9.48.